The molecule has 4 N–H and O–H groups in total. The molecular formula is C13H13N3OS. The van der Waals surface area contributed by atoms with E-state index in [-0.39, 0.29) is 5.91 Å². The maximum atomic E-state index is 12.1. The monoisotopic (exact) mass is 259 g/mol. The van der Waals surface area contributed by atoms with E-state index in [2.05, 4.69) is 6.07 Å². The first-order chi connectivity index (χ1) is 8.59. The van der Waals surface area contributed by atoms with Crippen molar-refractivity contribution in [3.05, 3.63) is 40.3 Å². The molecule has 1 aliphatic rings. The Morgan fingerprint density at radius 3 is 2.83 bits per heavy atom. The van der Waals surface area contributed by atoms with E-state index in [0.717, 1.165) is 27.4 Å². The van der Waals surface area contributed by atoms with Gasteiger partial charge in [-0.25, -0.2) is 5.84 Å². The number of benzene rings is 1. The summed E-state index contributed by atoms with van der Waals surface area (Å²) in [5.74, 6) is 5.31. The van der Waals surface area contributed by atoms with Crippen LogP contribution in [0.25, 0.3) is 11.1 Å². The minimum atomic E-state index is -0.235. The second kappa shape index (κ2) is 3.83. The lowest BCUT2D eigenvalue weighted by molar-refractivity contribution is 0.0797. The summed E-state index contributed by atoms with van der Waals surface area (Å²) in [7, 11) is 1.53. The second-order valence-electron chi connectivity index (χ2n) is 4.39. The Balaban J connectivity index is 2.24. The van der Waals surface area contributed by atoms with Crippen LogP contribution in [-0.4, -0.2) is 18.0 Å². The van der Waals surface area contributed by atoms with Crippen LogP contribution < -0.4 is 11.6 Å². The summed E-state index contributed by atoms with van der Waals surface area (Å²) in [5, 5.41) is 1.64. The molecule has 0 fully saturated rings. The molecule has 0 spiro atoms. The number of hydrazine groups is 1. The van der Waals surface area contributed by atoms with E-state index in [0.29, 0.717) is 10.6 Å². The molecule has 0 unspecified atom stereocenters. The number of carbonyl (C=O) groups is 1. The van der Waals surface area contributed by atoms with Crippen molar-refractivity contribution in [3.8, 4) is 11.1 Å². The van der Waals surface area contributed by atoms with Crippen LogP contribution in [0.4, 0.5) is 5.00 Å². The molecule has 0 atom stereocenters. The fourth-order valence-electron chi connectivity index (χ4n) is 2.39. The minimum Gasteiger partial charge on any atom is -0.390 e. The number of carbonyl (C=O) groups excluding carboxylic acids is 1. The molecule has 1 aliphatic carbocycles. The molecule has 2 aromatic rings. The number of fused-ring (bicyclic) bond motifs is 3. The third kappa shape index (κ3) is 1.45. The number of anilines is 1. The normalized spacial score (nSPS) is 12.1. The van der Waals surface area contributed by atoms with Crippen molar-refractivity contribution >= 4 is 22.2 Å². The quantitative estimate of drug-likeness (QED) is 0.398. The number of hydrogen-bond acceptors (Lipinski definition) is 4. The number of hydrogen-bond donors (Lipinski definition) is 2. The van der Waals surface area contributed by atoms with Gasteiger partial charge in [0, 0.05) is 23.9 Å². The molecule has 0 saturated heterocycles. The summed E-state index contributed by atoms with van der Waals surface area (Å²) in [4.78, 5) is 13.3. The Kier molecular flexibility index (Phi) is 2.39. The van der Waals surface area contributed by atoms with Crippen LogP contribution in [0.15, 0.2) is 24.3 Å². The van der Waals surface area contributed by atoms with Crippen molar-refractivity contribution in [2.45, 2.75) is 6.42 Å². The van der Waals surface area contributed by atoms with Crippen LogP contribution in [0.2, 0.25) is 0 Å². The summed E-state index contributed by atoms with van der Waals surface area (Å²) < 4.78 is 0. The topological polar surface area (TPSA) is 72.3 Å². The summed E-state index contributed by atoms with van der Waals surface area (Å²) >= 11 is 1.48. The molecule has 0 saturated carbocycles. The highest BCUT2D eigenvalue weighted by Gasteiger charge is 2.29. The van der Waals surface area contributed by atoms with Crippen LogP contribution in [-0.2, 0) is 6.42 Å². The number of nitrogens with zero attached hydrogens (tertiary/aromatic N) is 1. The maximum absolute atomic E-state index is 12.1. The zero-order chi connectivity index (χ0) is 12.9. The molecule has 1 amide bonds. The van der Waals surface area contributed by atoms with Crippen LogP contribution in [0.5, 0.6) is 0 Å². The number of nitrogen functional groups attached to an aromatic ring is 1. The summed E-state index contributed by atoms with van der Waals surface area (Å²) in [5.41, 5.74) is 9.82. The number of nitrogens with two attached hydrogens (primary N) is 2. The molecular weight excluding hydrogens is 246 g/mol. The SMILES string of the molecule is CN(N)C(=O)c1c(N)sc2c1-c1ccccc1C2. The average molecular weight is 259 g/mol. The van der Waals surface area contributed by atoms with Gasteiger partial charge in [-0.3, -0.25) is 9.80 Å². The lowest BCUT2D eigenvalue weighted by Crippen LogP contribution is -2.33. The van der Waals surface area contributed by atoms with Crippen molar-refractivity contribution in [1.82, 2.24) is 5.01 Å². The first-order valence-corrected chi connectivity index (χ1v) is 6.43. The molecule has 5 heteroatoms. The zero-order valence-electron chi connectivity index (χ0n) is 9.93. The van der Waals surface area contributed by atoms with Crippen molar-refractivity contribution < 1.29 is 4.79 Å². The molecule has 1 aromatic heterocycles. The predicted octanol–water partition coefficient (Wildman–Crippen LogP) is 1.85. The number of amides is 1. The molecule has 0 bridgehead atoms. The van der Waals surface area contributed by atoms with Gasteiger partial charge in [0.25, 0.3) is 5.91 Å². The van der Waals surface area contributed by atoms with Gasteiger partial charge < -0.3 is 5.73 Å². The standard InChI is InChI=1S/C13H13N3OS/c1-16(15)13(17)11-10-8-5-3-2-4-7(8)6-9(10)18-12(11)14/h2-5H,6,14-15H2,1H3. The van der Waals surface area contributed by atoms with Crippen LogP contribution in [0.1, 0.15) is 20.8 Å². The first kappa shape index (κ1) is 11.3. The Hall–Kier alpha value is -1.85. The molecule has 1 heterocycles. The average Bonchev–Trinajstić information content (AvgIpc) is 2.82. The first-order valence-electron chi connectivity index (χ1n) is 5.61. The van der Waals surface area contributed by atoms with Crippen molar-refractivity contribution in [2.75, 3.05) is 12.8 Å². The summed E-state index contributed by atoms with van der Waals surface area (Å²) in [6.45, 7) is 0. The van der Waals surface area contributed by atoms with E-state index in [1.165, 1.54) is 23.9 Å². The van der Waals surface area contributed by atoms with Gasteiger partial charge in [0.05, 0.1) is 10.6 Å². The Bertz CT molecular complexity index is 646. The number of thiophene rings is 1. The van der Waals surface area contributed by atoms with E-state index >= 15 is 0 Å². The van der Waals surface area contributed by atoms with E-state index in [4.69, 9.17) is 11.6 Å². The van der Waals surface area contributed by atoms with Gasteiger partial charge in [0.2, 0.25) is 0 Å². The fraction of sp³-hybridized carbons (Fsp3) is 0.154. The van der Waals surface area contributed by atoms with Crippen LogP contribution in [0.3, 0.4) is 0 Å². The van der Waals surface area contributed by atoms with E-state index in [1.54, 1.807) is 0 Å². The summed E-state index contributed by atoms with van der Waals surface area (Å²) in [6.07, 6.45) is 0.849. The van der Waals surface area contributed by atoms with Gasteiger partial charge in [0.1, 0.15) is 0 Å². The highest BCUT2D eigenvalue weighted by Crippen LogP contribution is 2.46. The second-order valence-corrected chi connectivity index (χ2v) is 5.53. The smallest absolute Gasteiger partial charge is 0.271 e. The molecule has 3 rings (SSSR count). The van der Waals surface area contributed by atoms with Crippen molar-refractivity contribution in [1.29, 1.82) is 0 Å². The lowest BCUT2D eigenvalue weighted by atomic mass is 10.0. The lowest BCUT2D eigenvalue weighted by Gasteiger charge is -2.11. The Morgan fingerprint density at radius 2 is 2.11 bits per heavy atom. The Labute approximate surface area is 109 Å². The highest BCUT2D eigenvalue weighted by atomic mass is 32.1. The van der Waals surface area contributed by atoms with Crippen LogP contribution >= 0.6 is 11.3 Å². The van der Waals surface area contributed by atoms with Crippen molar-refractivity contribution in [2.24, 2.45) is 5.84 Å². The van der Waals surface area contributed by atoms with Crippen LogP contribution in [0, 0.1) is 0 Å². The zero-order valence-corrected chi connectivity index (χ0v) is 10.8. The van der Waals surface area contributed by atoms with Gasteiger partial charge in [-0.2, -0.15) is 0 Å². The predicted molar refractivity (Wildman–Crippen MR) is 73.3 cm³/mol. The van der Waals surface area contributed by atoms with Gasteiger partial charge in [-0.15, -0.1) is 11.3 Å². The third-order valence-electron chi connectivity index (χ3n) is 3.18. The highest BCUT2D eigenvalue weighted by molar-refractivity contribution is 7.17. The van der Waals surface area contributed by atoms with Gasteiger partial charge >= 0.3 is 0 Å². The molecule has 1 aromatic carbocycles. The molecule has 18 heavy (non-hydrogen) atoms. The van der Waals surface area contributed by atoms with Gasteiger partial charge in [-0.05, 0) is 11.1 Å². The largest absolute Gasteiger partial charge is 0.390 e. The van der Waals surface area contributed by atoms with Gasteiger partial charge in [-0.1, -0.05) is 24.3 Å². The summed E-state index contributed by atoms with van der Waals surface area (Å²) in [6, 6.07) is 8.09. The fourth-order valence-corrected chi connectivity index (χ4v) is 3.49. The van der Waals surface area contributed by atoms with Crippen molar-refractivity contribution in [3.63, 3.8) is 0 Å². The van der Waals surface area contributed by atoms with Gasteiger partial charge in [0.15, 0.2) is 0 Å². The number of rotatable bonds is 1. The van der Waals surface area contributed by atoms with E-state index < -0.39 is 0 Å². The van der Waals surface area contributed by atoms with E-state index in [1.807, 2.05) is 18.2 Å². The Morgan fingerprint density at radius 1 is 1.39 bits per heavy atom. The maximum Gasteiger partial charge on any atom is 0.271 e. The molecule has 4 nitrogen and oxygen atoms in total. The molecule has 0 radical (unpaired) electrons. The minimum absolute atomic E-state index is 0.235. The molecule has 0 aliphatic heterocycles. The van der Waals surface area contributed by atoms with E-state index in [9.17, 15) is 4.79 Å². The third-order valence-corrected chi connectivity index (χ3v) is 4.20. The molecule has 92 valence electrons.